The number of carbonyl (C=O) groups is 1. The van der Waals surface area contributed by atoms with Gasteiger partial charge in [0.1, 0.15) is 0 Å². The van der Waals surface area contributed by atoms with Crippen LogP contribution in [0, 0.1) is 5.92 Å². The van der Waals surface area contributed by atoms with Gasteiger partial charge in [-0.05, 0) is 25.8 Å². The Morgan fingerprint density at radius 1 is 1.32 bits per heavy atom. The van der Waals surface area contributed by atoms with Gasteiger partial charge in [0.2, 0.25) is 0 Å². The fourth-order valence-corrected chi connectivity index (χ4v) is 2.32. The predicted molar refractivity (Wildman–Crippen MR) is 79.4 cm³/mol. The van der Waals surface area contributed by atoms with Crippen LogP contribution in [-0.4, -0.2) is 23.5 Å². The number of carbonyl (C=O) groups excluding carboxylic acids is 1. The van der Waals surface area contributed by atoms with Crippen LogP contribution in [-0.2, 0) is 0 Å². The third-order valence-corrected chi connectivity index (χ3v) is 3.55. The van der Waals surface area contributed by atoms with Crippen LogP contribution in [0.4, 0.5) is 5.69 Å². The molecule has 2 N–H and O–H groups in total. The minimum absolute atomic E-state index is 0.0299. The summed E-state index contributed by atoms with van der Waals surface area (Å²) in [5.74, 6) is 0.492. The van der Waals surface area contributed by atoms with Crippen molar-refractivity contribution >= 4 is 11.6 Å². The number of pyridine rings is 1. The van der Waals surface area contributed by atoms with Gasteiger partial charge in [0.05, 0.1) is 17.4 Å². The molecule has 106 valence electrons. The molecule has 1 rings (SSSR count). The molecule has 1 unspecified atom stereocenters. The van der Waals surface area contributed by atoms with Gasteiger partial charge in [0.25, 0.3) is 5.91 Å². The van der Waals surface area contributed by atoms with Gasteiger partial charge >= 0.3 is 0 Å². The summed E-state index contributed by atoms with van der Waals surface area (Å²) >= 11 is 0. The maximum atomic E-state index is 12.3. The van der Waals surface area contributed by atoms with Crippen LogP contribution in [0.3, 0.4) is 0 Å². The summed E-state index contributed by atoms with van der Waals surface area (Å²) in [6, 6.07) is 1.94. The van der Waals surface area contributed by atoms with Crippen LogP contribution < -0.4 is 10.6 Å². The summed E-state index contributed by atoms with van der Waals surface area (Å²) in [5, 5.41) is 6.25. The summed E-state index contributed by atoms with van der Waals surface area (Å²) in [4.78, 5) is 16.4. The molecule has 1 atom stereocenters. The lowest BCUT2D eigenvalue weighted by molar-refractivity contribution is 0.0926. The summed E-state index contributed by atoms with van der Waals surface area (Å²) in [6.07, 6.45) is 5.50. The Hall–Kier alpha value is -1.58. The van der Waals surface area contributed by atoms with Gasteiger partial charge in [-0.15, -0.1) is 0 Å². The zero-order valence-electron chi connectivity index (χ0n) is 12.4. The predicted octanol–water partition coefficient (Wildman–Crippen LogP) is 3.07. The van der Waals surface area contributed by atoms with E-state index in [0.717, 1.165) is 25.1 Å². The molecule has 1 heterocycles. The highest BCUT2D eigenvalue weighted by Crippen LogP contribution is 2.16. The highest BCUT2D eigenvalue weighted by molar-refractivity contribution is 5.99. The van der Waals surface area contributed by atoms with E-state index in [1.165, 1.54) is 0 Å². The lowest BCUT2D eigenvalue weighted by Crippen LogP contribution is -2.38. The Balaban J connectivity index is 2.77. The molecule has 0 fully saturated rings. The second-order valence-corrected chi connectivity index (χ2v) is 4.79. The number of hydrogen-bond acceptors (Lipinski definition) is 3. The summed E-state index contributed by atoms with van der Waals surface area (Å²) < 4.78 is 0. The normalized spacial score (nSPS) is 12.3. The number of amides is 1. The van der Waals surface area contributed by atoms with Crippen LogP contribution in [0.5, 0.6) is 0 Å². The van der Waals surface area contributed by atoms with Gasteiger partial charge in [-0.2, -0.15) is 0 Å². The van der Waals surface area contributed by atoms with E-state index in [1.807, 2.05) is 6.92 Å². The second kappa shape index (κ2) is 7.77. The van der Waals surface area contributed by atoms with Crippen molar-refractivity contribution in [2.45, 2.75) is 46.6 Å². The van der Waals surface area contributed by atoms with Crippen LogP contribution >= 0.6 is 0 Å². The van der Waals surface area contributed by atoms with Gasteiger partial charge in [0, 0.05) is 18.8 Å². The molecular formula is C15H25N3O. The van der Waals surface area contributed by atoms with Crippen LogP contribution in [0.25, 0.3) is 0 Å². The zero-order valence-corrected chi connectivity index (χ0v) is 12.4. The van der Waals surface area contributed by atoms with E-state index in [1.54, 1.807) is 18.5 Å². The molecule has 0 aliphatic carbocycles. The molecule has 4 nitrogen and oxygen atoms in total. The molecule has 0 aromatic carbocycles. The number of hydrogen-bond donors (Lipinski definition) is 2. The van der Waals surface area contributed by atoms with Crippen molar-refractivity contribution in [1.82, 2.24) is 10.3 Å². The van der Waals surface area contributed by atoms with Crippen LogP contribution in [0.2, 0.25) is 0 Å². The lowest BCUT2D eigenvalue weighted by Gasteiger charge is -2.23. The Morgan fingerprint density at radius 3 is 2.58 bits per heavy atom. The first kappa shape index (κ1) is 15.5. The fourth-order valence-electron chi connectivity index (χ4n) is 2.32. The topological polar surface area (TPSA) is 54.0 Å². The quantitative estimate of drug-likeness (QED) is 0.795. The molecular weight excluding hydrogens is 238 g/mol. The van der Waals surface area contributed by atoms with E-state index >= 15 is 0 Å². The molecule has 1 amide bonds. The third kappa shape index (κ3) is 4.23. The lowest BCUT2D eigenvalue weighted by atomic mass is 9.95. The molecule has 4 heteroatoms. The summed E-state index contributed by atoms with van der Waals surface area (Å²) in [6.45, 7) is 9.17. The van der Waals surface area contributed by atoms with Crippen molar-refractivity contribution in [3.8, 4) is 0 Å². The average Bonchev–Trinajstić information content (AvgIpc) is 2.41. The molecule has 0 aliphatic rings. The van der Waals surface area contributed by atoms with Gasteiger partial charge in [-0.1, -0.05) is 26.7 Å². The maximum absolute atomic E-state index is 12.3. The van der Waals surface area contributed by atoms with E-state index < -0.39 is 0 Å². The van der Waals surface area contributed by atoms with E-state index in [4.69, 9.17) is 0 Å². The number of anilines is 1. The Bertz CT molecular complexity index is 402. The molecule has 0 aliphatic heterocycles. The molecule has 1 aromatic rings. The first-order chi connectivity index (χ1) is 9.13. The van der Waals surface area contributed by atoms with Gasteiger partial charge in [-0.3, -0.25) is 9.78 Å². The van der Waals surface area contributed by atoms with E-state index in [2.05, 4.69) is 36.4 Å². The molecule has 19 heavy (non-hydrogen) atoms. The van der Waals surface area contributed by atoms with Crippen molar-refractivity contribution in [2.24, 2.45) is 5.92 Å². The summed E-state index contributed by atoms with van der Waals surface area (Å²) in [5.41, 5.74) is 1.45. The number of nitrogens with one attached hydrogen (secondary N) is 2. The third-order valence-electron chi connectivity index (χ3n) is 3.55. The highest BCUT2D eigenvalue weighted by atomic mass is 16.1. The standard InChI is InChI=1S/C15H25N3O/c1-5-12(6-2)11(4)18-15(19)13-8-9-16-10-14(13)17-7-3/h8-12,17H,5-7H2,1-4H3,(H,18,19). The van der Waals surface area contributed by atoms with Gasteiger partial charge < -0.3 is 10.6 Å². The van der Waals surface area contributed by atoms with Crippen LogP contribution in [0.1, 0.15) is 50.9 Å². The molecule has 0 bridgehead atoms. The minimum atomic E-state index is -0.0299. The Kier molecular flexibility index (Phi) is 6.33. The number of nitrogens with zero attached hydrogens (tertiary/aromatic N) is 1. The monoisotopic (exact) mass is 263 g/mol. The van der Waals surface area contributed by atoms with Crippen molar-refractivity contribution in [3.63, 3.8) is 0 Å². The Labute approximate surface area is 116 Å². The SMILES string of the molecule is CCNc1cnccc1C(=O)NC(C)C(CC)CC. The molecule has 0 radical (unpaired) electrons. The summed E-state index contributed by atoms with van der Waals surface area (Å²) in [7, 11) is 0. The largest absolute Gasteiger partial charge is 0.383 e. The average molecular weight is 263 g/mol. The van der Waals surface area contributed by atoms with Crippen LogP contribution in [0.15, 0.2) is 18.5 Å². The van der Waals surface area contributed by atoms with Crippen molar-refractivity contribution < 1.29 is 4.79 Å². The van der Waals surface area contributed by atoms with Gasteiger partial charge in [0.15, 0.2) is 0 Å². The fraction of sp³-hybridized carbons (Fsp3) is 0.600. The second-order valence-electron chi connectivity index (χ2n) is 4.79. The van der Waals surface area contributed by atoms with Gasteiger partial charge in [-0.25, -0.2) is 0 Å². The minimum Gasteiger partial charge on any atom is -0.383 e. The zero-order chi connectivity index (χ0) is 14.3. The molecule has 1 aromatic heterocycles. The number of rotatable bonds is 7. The first-order valence-corrected chi connectivity index (χ1v) is 7.12. The molecule has 0 spiro atoms. The van der Waals surface area contributed by atoms with Crippen molar-refractivity contribution in [2.75, 3.05) is 11.9 Å². The molecule has 0 saturated heterocycles. The number of aromatic nitrogens is 1. The molecule has 0 saturated carbocycles. The maximum Gasteiger partial charge on any atom is 0.253 e. The smallest absolute Gasteiger partial charge is 0.253 e. The van der Waals surface area contributed by atoms with E-state index in [-0.39, 0.29) is 11.9 Å². The van der Waals surface area contributed by atoms with Crippen molar-refractivity contribution in [1.29, 1.82) is 0 Å². The first-order valence-electron chi connectivity index (χ1n) is 7.12. The van der Waals surface area contributed by atoms with E-state index in [0.29, 0.717) is 11.5 Å². The highest BCUT2D eigenvalue weighted by Gasteiger charge is 2.18. The van der Waals surface area contributed by atoms with Crippen molar-refractivity contribution in [3.05, 3.63) is 24.0 Å². The Morgan fingerprint density at radius 2 is 2.00 bits per heavy atom. The van der Waals surface area contributed by atoms with E-state index in [9.17, 15) is 4.79 Å².